The number of rotatable bonds is 5. The lowest BCUT2D eigenvalue weighted by atomic mass is 10.0. The summed E-state index contributed by atoms with van der Waals surface area (Å²) in [7, 11) is -4.17. The van der Waals surface area contributed by atoms with E-state index in [0.29, 0.717) is 11.2 Å². The van der Waals surface area contributed by atoms with Crippen molar-refractivity contribution in [1.29, 1.82) is 0 Å². The van der Waals surface area contributed by atoms with Crippen molar-refractivity contribution in [3.05, 3.63) is 12.7 Å². The number of hydrogen-bond acceptors (Lipinski definition) is 10. The van der Waals surface area contributed by atoms with Crippen LogP contribution < -0.4 is 10.9 Å². The monoisotopic (exact) mass is 426 g/mol. The van der Waals surface area contributed by atoms with Gasteiger partial charge >= 0.3 is 10.3 Å². The minimum absolute atomic E-state index is 0.0162. The van der Waals surface area contributed by atoms with Gasteiger partial charge in [0, 0.05) is 0 Å². The van der Waals surface area contributed by atoms with Gasteiger partial charge in [-0.2, -0.15) is 8.42 Å². The van der Waals surface area contributed by atoms with Crippen LogP contribution in [0.4, 0.5) is 5.82 Å². The zero-order valence-corrected chi connectivity index (χ0v) is 16.7. The molecule has 0 amide bonds. The highest BCUT2D eigenvalue weighted by Crippen LogP contribution is 2.48. The topological polar surface area (TPSA) is 167 Å². The average Bonchev–Trinajstić information content (AvgIpc) is 3.18. The number of nitrogens with zero attached hydrogens (tertiary/aromatic N) is 4. The molecule has 13 heteroatoms. The van der Waals surface area contributed by atoms with Gasteiger partial charge in [-0.1, -0.05) is 0 Å². The predicted octanol–water partition coefficient (Wildman–Crippen LogP) is -0.175. The second-order valence-electron chi connectivity index (χ2n) is 8.03. The Kier molecular flexibility index (Phi) is 4.14. The Morgan fingerprint density at radius 2 is 1.97 bits per heavy atom. The molecule has 2 saturated heterocycles. The molecule has 1 saturated carbocycles. The summed E-state index contributed by atoms with van der Waals surface area (Å²) in [5, 5.41) is 5.16. The lowest BCUT2D eigenvalue weighted by molar-refractivity contribution is -0.206. The van der Waals surface area contributed by atoms with E-state index in [2.05, 4.69) is 15.0 Å². The molecular formula is C16H22N6O6S. The van der Waals surface area contributed by atoms with Gasteiger partial charge in [0.1, 0.15) is 36.3 Å². The first kappa shape index (κ1) is 19.1. The number of aromatic nitrogens is 4. The van der Waals surface area contributed by atoms with Crippen LogP contribution in [0.15, 0.2) is 12.7 Å². The summed E-state index contributed by atoms with van der Waals surface area (Å²) < 4.78 is 48.6. The van der Waals surface area contributed by atoms with Crippen LogP contribution >= 0.6 is 0 Å². The zero-order chi connectivity index (χ0) is 20.6. The van der Waals surface area contributed by atoms with Crippen molar-refractivity contribution in [2.45, 2.75) is 63.1 Å². The fourth-order valence-electron chi connectivity index (χ4n) is 4.13. The molecule has 1 unspecified atom stereocenters. The van der Waals surface area contributed by atoms with E-state index in [1.54, 1.807) is 24.7 Å². The van der Waals surface area contributed by atoms with E-state index in [-0.39, 0.29) is 11.7 Å². The molecule has 12 nitrogen and oxygen atoms in total. The minimum atomic E-state index is -4.17. The Balaban J connectivity index is 1.54. The predicted molar refractivity (Wildman–Crippen MR) is 98.2 cm³/mol. The largest absolute Gasteiger partial charge is 0.382 e. The van der Waals surface area contributed by atoms with Gasteiger partial charge in [-0.15, -0.1) is 0 Å². The average molecular weight is 426 g/mol. The van der Waals surface area contributed by atoms with Gasteiger partial charge in [0.05, 0.1) is 6.33 Å². The second kappa shape index (κ2) is 6.30. The molecule has 2 aliphatic heterocycles. The van der Waals surface area contributed by atoms with Crippen molar-refractivity contribution >= 4 is 27.3 Å². The zero-order valence-electron chi connectivity index (χ0n) is 15.8. The number of nitrogen functional groups attached to an aromatic ring is 1. The molecule has 4 N–H and O–H groups in total. The van der Waals surface area contributed by atoms with Crippen LogP contribution in [0.25, 0.3) is 11.2 Å². The van der Waals surface area contributed by atoms with Gasteiger partial charge in [-0.3, -0.25) is 8.75 Å². The van der Waals surface area contributed by atoms with E-state index < -0.39 is 46.7 Å². The van der Waals surface area contributed by atoms with Crippen LogP contribution in [0.1, 0.15) is 32.9 Å². The first-order valence-electron chi connectivity index (χ1n) is 9.28. The van der Waals surface area contributed by atoms with E-state index in [0.717, 1.165) is 12.8 Å². The Bertz CT molecular complexity index is 1050. The number of imidazole rings is 1. The van der Waals surface area contributed by atoms with Crippen molar-refractivity contribution in [3.63, 3.8) is 0 Å². The third kappa shape index (κ3) is 3.37. The standard InChI is InChI=1S/C16H22N6O6S/c1-16(2)26-11-10(9(7-3-4-7)28-29(18,23)24)25-15(12(11)27-16)22-6-21-8-13(17)19-5-20-14(8)22/h5-7,9-12,15H,3-4H2,1-2H3,(H2,17,19,20)(H2,18,23,24)/t9?,10-,11-,12-,15-/m1/s1. The molecule has 0 spiro atoms. The molecule has 1 aliphatic carbocycles. The molecule has 29 heavy (non-hydrogen) atoms. The SMILES string of the molecule is CC1(C)O[C@@H]2[C@H](O1)[C@@H](C(OS(N)(=O)=O)C1CC1)O[C@H]2n1cnc2c(N)ncnc21. The molecule has 5 atom stereocenters. The Labute approximate surface area is 166 Å². The highest BCUT2D eigenvalue weighted by molar-refractivity contribution is 7.84. The molecule has 2 aromatic heterocycles. The Hall–Kier alpha value is -1.90. The summed E-state index contributed by atoms with van der Waals surface area (Å²) in [5.41, 5.74) is 6.80. The fourth-order valence-corrected chi connectivity index (χ4v) is 4.71. The third-order valence-corrected chi connectivity index (χ3v) is 5.87. The number of nitrogens with two attached hydrogens (primary N) is 2. The molecular weight excluding hydrogens is 404 g/mol. The Morgan fingerprint density at radius 1 is 1.24 bits per heavy atom. The molecule has 3 aliphatic rings. The van der Waals surface area contributed by atoms with Crippen molar-refractivity contribution in [1.82, 2.24) is 19.5 Å². The molecule has 4 heterocycles. The van der Waals surface area contributed by atoms with Crippen LogP contribution in [-0.2, 0) is 28.7 Å². The maximum atomic E-state index is 11.7. The van der Waals surface area contributed by atoms with Crippen LogP contribution in [0, 0.1) is 5.92 Å². The normalized spacial score (nSPS) is 32.5. The second-order valence-corrected chi connectivity index (χ2v) is 9.21. The summed E-state index contributed by atoms with van der Waals surface area (Å²) in [6, 6.07) is 0. The van der Waals surface area contributed by atoms with E-state index in [9.17, 15) is 8.42 Å². The van der Waals surface area contributed by atoms with Gasteiger partial charge in [0.25, 0.3) is 0 Å². The van der Waals surface area contributed by atoms with Crippen molar-refractivity contribution in [3.8, 4) is 0 Å². The van der Waals surface area contributed by atoms with Gasteiger partial charge in [0.2, 0.25) is 0 Å². The van der Waals surface area contributed by atoms with E-state index in [1.807, 2.05) is 0 Å². The summed E-state index contributed by atoms with van der Waals surface area (Å²) >= 11 is 0. The van der Waals surface area contributed by atoms with Crippen LogP contribution in [-0.4, -0.2) is 58.1 Å². The van der Waals surface area contributed by atoms with E-state index in [1.165, 1.54) is 6.33 Å². The van der Waals surface area contributed by atoms with E-state index >= 15 is 0 Å². The lowest BCUT2D eigenvalue weighted by Gasteiger charge is -2.28. The number of fused-ring (bicyclic) bond motifs is 2. The molecule has 0 bridgehead atoms. The van der Waals surface area contributed by atoms with E-state index in [4.69, 9.17) is 29.3 Å². The van der Waals surface area contributed by atoms with Crippen molar-refractivity contribution < 1.29 is 26.8 Å². The molecule has 2 aromatic rings. The van der Waals surface area contributed by atoms with Gasteiger partial charge in [-0.25, -0.2) is 20.1 Å². The quantitative estimate of drug-likeness (QED) is 0.655. The number of ether oxygens (including phenoxy) is 3. The number of hydrogen-bond donors (Lipinski definition) is 2. The summed E-state index contributed by atoms with van der Waals surface area (Å²) in [4.78, 5) is 12.5. The van der Waals surface area contributed by atoms with Gasteiger partial charge in [0.15, 0.2) is 23.5 Å². The molecule has 158 valence electrons. The molecule has 0 aromatic carbocycles. The summed E-state index contributed by atoms with van der Waals surface area (Å²) in [6.45, 7) is 3.58. The molecule has 0 radical (unpaired) electrons. The molecule has 3 fully saturated rings. The van der Waals surface area contributed by atoms with Crippen molar-refractivity contribution in [2.24, 2.45) is 11.1 Å². The maximum Gasteiger partial charge on any atom is 0.333 e. The third-order valence-electron chi connectivity index (χ3n) is 5.38. The van der Waals surface area contributed by atoms with Crippen LogP contribution in [0.3, 0.4) is 0 Å². The fraction of sp³-hybridized carbons (Fsp3) is 0.688. The first-order valence-corrected chi connectivity index (χ1v) is 10.8. The van der Waals surface area contributed by atoms with Gasteiger partial charge < -0.3 is 19.9 Å². The number of anilines is 1. The highest BCUT2D eigenvalue weighted by atomic mass is 32.2. The maximum absolute atomic E-state index is 11.7. The van der Waals surface area contributed by atoms with Crippen LogP contribution in [0.5, 0.6) is 0 Å². The highest BCUT2D eigenvalue weighted by Gasteiger charge is 2.60. The summed E-state index contributed by atoms with van der Waals surface area (Å²) in [6.07, 6.45) is 1.30. The summed E-state index contributed by atoms with van der Waals surface area (Å²) in [5.74, 6) is -0.616. The molecule has 5 rings (SSSR count). The van der Waals surface area contributed by atoms with Crippen LogP contribution in [0.2, 0.25) is 0 Å². The lowest BCUT2D eigenvalue weighted by Crippen LogP contribution is -2.43. The Morgan fingerprint density at radius 3 is 2.66 bits per heavy atom. The van der Waals surface area contributed by atoms with Gasteiger partial charge in [-0.05, 0) is 32.6 Å². The smallest absolute Gasteiger partial charge is 0.333 e. The first-order chi connectivity index (χ1) is 13.6. The minimum Gasteiger partial charge on any atom is -0.382 e. The van der Waals surface area contributed by atoms with Crippen molar-refractivity contribution in [2.75, 3.05) is 5.73 Å².